The predicted octanol–water partition coefficient (Wildman–Crippen LogP) is 5.38. The highest BCUT2D eigenvalue weighted by molar-refractivity contribution is 6.33. The number of anilines is 3. The molecule has 3 aromatic rings. The van der Waals surface area contributed by atoms with Crippen LogP contribution in [0.15, 0.2) is 48.7 Å². The van der Waals surface area contributed by atoms with Crippen molar-refractivity contribution < 1.29 is 18.3 Å². The minimum absolute atomic E-state index is 0.0993. The predicted molar refractivity (Wildman–Crippen MR) is 114 cm³/mol. The van der Waals surface area contributed by atoms with Crippen molar-refractivity contribution in [1.29, 1.82) is 0 Å². The molecule has 0 spiro atoms. The van der Waals surface area contributed by atoms with E-state index in [-0.39, 0.29) is 35.2 Å². The number of aliphatic hydroxyl groups excluding tert-OH is 1. The van der Waals surface area contributed by atoms with Crippen molar-refractivity contribution in [2.45, 2.75) is 26.1 Å². The minimum Gasteiger partial charge on any atom is -0.394 e. The second kappa shape index (κ2) is 9.49. The molecule has 2 heterocycles. The van der Waals surface area contributed by atoms with Crippen LogP contribution in [0.3, 0.4) is 0 Å². The first-order valence-electron chi connectivity index (χ1n) is 9.49. The molecule has 0 bridgehead atoms. The molecule has 10 heteroatoms. The Balaban J connectivity index is 1.98. The largest absolute Gasteiger partial charge is 0.416 e. The highest BCUT2D eigenvalue weighted by Crippen LogP contribution is 2.35. The molecule has 0 aliphatic rings. The SMILES string of the molecule is CC(C)[C@@H](CO)Nc1nc(Nc2ccc(C(F)(F)F)cc2Cl)cc(-c2ccccn2)n1. The third-order valence-corrected chi connectivity index (χ3v) is 4.84. The molecule has 0 aliphatic heterocycles. The van der Waals surface area contributed by atoms with Gasteiger partial charge in [0.2, 0.25) is 5.95 Å². The Hall–Kier alpha value is -2.91. The lowest BCUT2D eigenvalue weighted by Crippen LogP contribution is -2.30. The number of pyridine rings is 1. The van der Waals surface area contributed by atoms with E-state index in [9.17, 15) is 18.3 Å². The fraction of sp³-hybridized carbons (Fsp3) is 0.286. The molecule has 3 rings (SSSR count). The van der Waals surface area contributed by atoms with Gasteiger partial charge in [-0.3, -0.25) is 4.98 Å². The lowest BCUT2D eigenvalue weighted by Gasteiger charge is -2.20. The molecule has 31 heavy (non-hydrogen) atoms. The van der Waals surface area contributed by atoms with Crippen LogP contribution < -0.4 is 10.6 Å². The summed E-state index contributed by atoms with van der Waals surface area (Å²) in [5.41, 5.74) is 0.488. The maximum atomic E-state index is 12.9. The van der Waals surface area contributed by atoms with Gasteiger partial charge in [-0.15, -0.1) is 0 Å². The minimum atomic E-state index is -4.49. The Morgan fingerprint density at radius 1 is 1.06 bits per heavy atom. The van der Waals surface area contributed by atoms with Crippen LogP contribution in [0.2, 0.25) is 5.02 Å². The van der Waals surface area contributed by atoms with Crippen LogP contribution in [0.4, 0.5) is 30.6 Å². The summed E-state index contributed by atoms with van der Waals surface area (Å²) in [5.74, 6) is 0.648. The molecule has 0 unspecified atom stereocenters. The Bertz CT molecular complexity index is 1030. The van der Waals surface area contributed by atoms with Gasteiger partial charge in [0.15, 0.2) is 0 Å². The Labute approximate surface area is 182 Å². The standard InChI is InChI=1S/C21H21ClF3N5O/c1-12(2)18(11-31)29-20-28-17(16-5-3-4-8-26-16)10-19(30-20)27-15-7-6-13(9-14(15)22)21(23,24)25/h3-10,12,18,31H,11H2,1-2H3,(H2,27,28,29,30)/t18-/m1/s1. The number of benzene rings is 1. The van der Waals surface area contributed by atoms with Gasteiger partial charge < -0.3 is 15.7 Å². The normalized spacial score (nSPS) is 12.6. The van der Waals surface area contributed by atoms with Crippen LogP contribution in [0, 0.1) is 5.92 Å². The van der Waals surface area contributed by atoms with Gasteiger partial charge in [-0.25, -0.2) is 4.98 Å². The molecule has 1 atom stereocenters. The Kier molecular flexibility index (Phi) is 6.97. The molecule has 6 nitrogen and oxygen atoms in total. The number of nitrogens with zero attached hydrogens (tertiary/aromatic N) is 3. The number of rotatable bonds is 7. The summed E-state index contributed by atoms with van der Waals surface area (Å²) in [6.45, 7) is 3.76. The van der Waals surface area contributed by atoms with Gasteiger partial charge in [-0.2, -0.15) is 18.2 Å². The Morgan fingerprint density at radius 2 is 1.84 bits per heavy atom. The fourth-order valence-corrected chi connectivity index (χ4v) is 2.97. The lowest BCUT2D eigenvalue weighted by molar-refractivity contribution is -0.137. The van der Waals surface area contributed by atoms with Gasteiger partial charge in [0.25, 0.3) is 0 Å². The summed E-state index contributed by atoms with van der Waals surface area (Å²) >= 11 is 6.06. The number of aromatic nitrogens is 3. The average Bonchev–Trinajstić information content (AvgIpc) is 2.73. The Morgan fingerprint density at radius 3 is 2.42 bits per heavy atom. The number of nitrogens with one attached hydrogen (secondary N) is 2. The monoisotopic (exact) mass is 451 g/mol. The maximum Gasteiger partial charge on any atom is 0.416 e. The van der Waals surface area contributed by atoms with E-state index in [1.807, 2.05) is 19.9 Å². The zero-order valence-corrected chi connectivity index (χ0v) is 17.5. The van der Waals surface area contributed by atoms with Gasteiger partial charge in [-0.1, -0.05) is 31.5 Å². The first kappa shape index (κ1) is 22.8. The quantitative estimate of drug-likeness (QED) is 0.447. The summed E-state index contributed by atoms with van der Waals surface area (Å²) in [6, 6.07) is 9.71. The molecule has 3 N–H and O–H groups in total. The molecular formula is C21H21ClF3N5O. The second-order valence-corrected chi connectivity index (χ2v) is 7.58. The van der Waals surface area contributed by atoms with E-state index in [4.69, 9.17) is 11.6 Å². The van der Waals surface area contributed by atoms with Gasteiger partial charge in [0.1, 0.15) is 5.82 Å². The third-order valence-electron chi connectivity index (χ3n) is 4.53. The van der Waals surface area contributed by atoms with Crippen LogP contribution in [0.5, 0.6) is 0 Å². The molecule has 0 saturated heterocycles. The van der Waals surface area contributed by atoms with Crippen LogP contribution >= 0.6 is 11.6 Å². The molecule has 164 valence electrons. The van der Waals surface area contributed by atoms with Crippen LogP contribution in [-0.2, 0) is 6.18 Å². The van der Waals surface area contributed by atoms with Gasteiger partial charge in [-0.05, 0) is 36.2 Å². The van der Waals surface area contributed by atoms with Gasteiger partial charge in [0, 0.05) is 12.3 Å². The number of aliphatic hydroxyl groups is 1. The van der Waals surface area contributed by atoms with Crippen molar-refractivity contribution in [2.75, 3.05) is 17.2 Å². The molecule has 1 aromatic carbocycles. The van der Waals surface area contributed by atoms with Crippen molar-refractivity contribution in [3.05, 3.63) is 59.2 Å². The summed E-state index contributed by atoms with van der Waals surface area (Å²) in [7, 11) is 0. The summed E-state index contributed by atoms with van der Waals surface area (Å²) < 4.78 is 38.7. The first-order valence-corrected chi connectivity index (χ1v) is 9.87. The molecule has 0 aliphatic carbocycles. The first-order chi connectivity index (χ1) is 14.7. The van der Waals surface area contributed by atoms with Crippen molar-refractivity contribution in [1.82, 2.24) is 15.0 Å². The van der Waals surface area contributed by atoms with E-state index < -0.39 is 11.7 Å². The molecule has 2 aromatic heterocycles. The topological polar surface area (TPSA) is 83.0 Å². The van der Waals surface area contributed by atoms with E-state index in [2.05, 4.69) is 25.6 Å². The van der Waals surface area contributed by atoms with E-state index in [0.717, 1.165) is 12.1 Å². The van der Waals surface area contributed by atoms with Crippen molar-refractivity contribution >= 4 is 29.1 Å². The van der Waals surface area contributed by atoms with E-state index in [1.54, 1.807) is 24.4 Å². The lowest BCUT2D eigenvalue weighted by atomic mass is 10.1. The van der Waals surface area contributed by atoms with Crippen molar-refractivity contribution in [3.63, 3.8) is 0 Å². The van der Waals surface area contributed by atoms with Crippen molar-refractivity contribution in [2.24, 2.45) is 5.92 Å². The van der Waals surface area contributed by atoms with E-state index >= 15 is 0 Å². The third kappa shape index (κ3) is 5.83. The van der Waals surface area contributed by atoms with Crippen LogP contribution in [-0.4, -0.2) is 32.7 Å². The highest BCUT2D eigenvalue weighted by Gasteiger charge is 2.31. The number of halogens is 4. The molecule has 0 saturated carbocycles. The summed E-state index contributed by atoms with van der Waals surface area (Å²) in [5, 5.41) is 15.5. The number of alkyl halides is 3. The number of hydrogen-bond acceptors (Lipinski definition) is 6. The highest BCUT2D eigenvalue weighted by atomic mass is 35.5. The molecule has 0 radical (unpaired) electrons. The smallest absolute Gasteiger partial charge is 0.394 e. The zero-order chi connectivity index (χ0) is 22.6. The number of hydrogen-bond donors (Lipinski definition) is 3. The zero-order valence-electron chi connectivity index (χ0n) is 16.8. The van der Waals surface area contributed by atoms with Gasteiger partial charge in [0.05, 0.1) is 40.3 Å². The van der Waals surface area contributed by atoms with Crippen LogP contribution in [0.1, 0.15) is 19.4 Å². The average molecular weight is 452 g/mol. The van der Waals surface area contributed by atoms with Crippen LogP contribution in [0.25, 0.3) is 11.4 Å². The molecular weight excluding hydrogens is 431 g/mol. The fourth-order valence-electron chi connectivity index (χ4n) is 2.74. The molecule has 0 amide bonds. The van der Waals surface area contributed by atoms with E-state index in [0.29, 0.717) is 17.2 Å². The van der Waals surface area contributed by atoms with Crippen molar-refractivity contribution in [3.8, 4) is 11.4 Å². The second-order valence-electron chi connectivity index (χ2n) is 7.17. The van der Waals surface area contributed by atoms with E-state index in [1.165, 1.54) is 6.07 Å². The molecule has 0 fully saturated rings. The maximum absolute atomic E-state index is 12.9. The summed E-state index contributed by atoms with van der Waals surface area (Å²) in [4.78, 5) is 13.1. The van der Waals surface area contributed by atoms with Gasteiger partial charge >= 0.3 is 6.18 Å². The summed E-state index contributed by atoms with van der Waals surface area (Å²) in [6.07, 6.45) is -2.87.